The smallest absolute Gasteiger partial charge is 0.255 e. The van der Waals surface area contributed by atoms with Crippen LogP contribution in [-0.4, -0.2) is 35.8 Å². The highest BCUT2D eigenvalue weighted by molar-refractivity contribution is 6.00. The number of carbonyl (C=O) groups excluding carboxylic acids is 1. The molecule has 0 aliphatic carbocycles. The van der Waals surface area contributed by atoms with Crippen LogP contribution in [-0.2, 0) is 0 Å². The second-order valence-corrected chi connectivity index (χ2v) is 3.92. The summed E-state index contributed by atoms with van der Waals surface area (Å²) in [6.45, 7) is 1.75. The number of amides is 1. The number of anilines is 1. The molecule has 6 heteroatoms. The van der Waals surface area contributed by atoms with E-state index in [0.29, 0.717) is 17.1 Å². The zero-order valence-corrected chi connectivity index (χ0v) is 9.66. The highest BCUT2D eigenvalue weighted by atomic mass is 16.1. The van der Waals surface area contributed by atoms with Crippen molar-refractivity contribution in [1.82, 2.24) is 15.1 Å². The van der Waals surface area contributed by atoms with Crippen molar-refractivity contribution in [3.8, 4) is 12.3 Å². The molecule has 17 heavy (non-hydrogen) atoms. The summed E-state index contributed by atoms with van der Waals surface area (Å²) < 4.78 is 1.76. The van der Waals surface area contributed by atoms with Crippen LogP contribution < -0.4 is 16.4 Å². The van der Waals surface area contributed by atoms with Crippen molar-refractivity contribution >= 4 is 11.7 Å². The molecule has 2 rings (SSSR count). The number of nitrogens with zero attached hydrogens (tertiary/aromatic N) is 2. The topological polar surface area (TPSA) is 85.0 Å². The van der Waals surface area contributed by atoms with Gasteiger partial charge in [-0.2, -0.15) is 5.10 Å². The summed E-state index contributed by atoms with van der Waals surface area (Å²) in [6.07, 6.45) is 6.30. The number of hydrogen-bond acceptors (Lipinski definition) is 4. The number of carbonyl (C=O) groups is 1. The average molecular weight is 233 g/mol. The van der Waals surface area contributed by atoms with E-state index in [1.165, 1.54) is 0 Å². The van der Waals surface area contributed by atoms with Crippen LogP contribution in [0, 0.1) is 12.3 Å². The first-order valence-corrected chi connectivity index (χ1v) is 5.46. The third kappa shape index (κ3) is 1.85. The predicted molar refractivity (Wildman–Crippen MR) is 64.8 cm³/mol. The van der Waals surface area contributed by atoms with Gasteiger partial charge in [0.25, 0.3) is 5.91 Å². The molecule has 4 N–H and O–H groups in total. The molecule has 1 amide bonds. The molecule has 1 atom stereocenters. The molecular formula is C11H15N5O. The van der Waals surface area contributed by atoms with Gasteiger partial charge < -0.3 is 16.4 Å². The van der Waals surface area contributed by atoms with Gasteiger partial charge >= 0.3 is 0 Å². The van der Waals surface area contributed by atoms with Crippen molar-refractivity contribution in [2.45, 2.75) is 12.5 Å². The highest BCUT2D eigenvalue weighted by Gasteiger charge is 2.26. The molecule has 0 spiro atoms. The second-order valence-electron chi connectivity index (χ2n) is 3.92. The van der Waals surface area contributed by atoms with Gasteiger partial charge in [0.1, 0.15) is 17.1 Å². The van der Waals surface area contributed by atoms with Gasteiger partial charge in [0, 0.05) is 13.6 Å². The standard InChI is InChI=1S/C11H15N5O/c1-3-8-9(10(12)17)11(13-2)16(15-8)7-4-5-14-6-7/h1,7,13-14H,4-6H2,2H3,(H2,12,17)/t7-/m0/s1. The van der Waals surface area contributed by atoms with E-state index >= 15 is 0 Å². The molecule has 1 aromatic rings. The summed E-state index contributed by atoms with van der Waals surface area (Å²) in [4.78, 5) is 11.4. The third-order valence-electron chi connectivity index (χ3n) is 2.91. The van der Waals surface area contributed by atoms with E-state index in [4.69, 9.17) is 12.2 Å². The summed E-state index contributed by atoms with van der Waals surface area (Å²) in [5.41, 5.74) is 5.93. The molecule has 0 bridgehead atoms. The minimum absolute atomic E-state index is 0.206. The number of nitrogens with two attached hydrogens (primary N) is 1. The molecule has 1 fully saturated rings. The molecule has 0 aromatic carbocycles. The lowest BCUT2D eigenvalue weighted by molar-refractivity contribution is 0.100. The maximum atomic E-state index is 11.4. The molecule has 1 aromatic heterocycles. The highest BCUT2D eigenvalue weighted by Crippen LogP contribution is 2.25. The number of rotatable bonds is 3. The molecule has 1 aliphatic heterocycles. The molecule has 1 aliphatic rings. The number of aromatic nitrogens is 2. The molecule has 0 radical (unpaired) electrons. The summed E-state index contributed by atoms with van der Waals surface area (Å²) in [6, 6.07) is 0.206. The van der Waals surface area contributed by atoms with Gasteiger partial charge in [-0.15, -0.1) is 6.42 Å². The van der Waals surface area contributed by atoms with Crippen LogP contribution >= 0.6 is 0 Å². The fourth-order valence-corrected chi connectivity index (χ4v) is 2.12. The Bertz CT molecular complexity index is 479. The van der Waals surface area contributed by atoms with Gasteiger partial charge in [-0.1, -0.05) is 0 Å². The molecule has 2 heterocycles. The molecule has 0 unspecified atom stereocenters. The van der Waals surface area contributed by atoms with Gasteiger partial charge in [-0.25, -0.2) is 4.68 Å². The first-order valence-electron chi connectivity index (χ1n) is 5.46. The van der Waals surface area contributed by atoms with E-state index in [1.54, 1.807) is 11.7 Å². The van der Waals surface area contributed by atoms with Crippen LogP contribution in [0.25, 0.3) is 0 Å². The summed E-state index contributed by atoms with van der Waals surface area (Å²) >= 11 is 0. The normalized spacial score (nSPS) is 18.9. The number of hydrogen-bond donors (Lipinski definition) is 3. The number of primary amides is 1. The minimum Gasteiger partial charge on any atom is -0.373 e. The van der Waals surface area contributed by atoms with Gasteiger partial charge in [0.2, 0.25) is 0 Å². The molecule has 0 saturated carbocycles. The van der Waals surface area contributed by atoms with E-state index in [2.05, 4.69) is 21.7 Å². The lowest BCUT2D eigenvalue weighted by Gasteiger charge is -2.13. The fourth-order valence-electron chi connectivity index (χ4n) is 2.12. The van der Waals surface area contributed by atoms with Crippen molar-refractivity contribution < 1.29 is 4.79 Å². The van der Waals surface area contributed by atoms with Crippen molar-refractivity contribution in [3.05, 3.63) is 11.3 Å². The average Bonchev–Trinajstić information content (AvgIpc) is 2.94. The van der Waals surface area contributed by atoms with E-state index in [9.17, 15) is 4.79 Å². The van der Waals surface area contributed by atoms with E-state index < -0.39 is 5.91 Å². The zero-order chi connectivity index (χ0) is 12.4. The van der Waals surface area contributed by atoms with E-state index in [0.717, 1.165) is 19.5 Å². The molecule has 1 saturated heterocycles. The van der Waals surface area contributed by atoms with Crippen LogP contribution in [0.15, 0.2) is 0 Å². The zero-order valence-electron chi connectivity index (χ0n) is 9.66. The van der Waals surface area contributed by atoms with Crippen molar-refractivity contribution in [1.29, 1.82) is 0 Å². The maximum Gasteiger partial charge on any atom is 0.255 e. The largest absolute Gasteiger partial charge is 0.373 e. The predicted octanol–water partition coefficient (Wildman–Crippen LogP) is -0.461. The summed E-state index contributed by atoms with van der Waals surface area (Å²) in [5.74, 6) is 2.44. The summed E-state index contributed by atoms with van der Waals surface area (Å²) in [5, 5.41) is 10.5. The molecule has 90 valence electrons. The fraction of sp³-hybridized carbons (Fsp3) is 0.455. The maximum absolute atomic E-state index is 11.4. The van der Waals surface area contributed by atoms with E-state index in [1.807, 2.05) is 0 Å². The Labute approximate surface area is 99.6 Å². The number of terminal acetylenes is 1. The Morgan fingerprint density at radius 2 is 2.53 bits per heavy atom. The minimum atomic E-state index is -0.556. The molecular weight excluding hydrogens is 218 g/mol. The first kappa shape index (κ1) is 11.5. The first-order chi connectivity index (χ1) is 8.19. The van der Waals surface area contributed by atoms with Gasteiger partial charge in [0.05, 0.1) is 6.04 Å². The van der Waals surface area contributed by atoms with Gasteiger partial charge in [-0.05, 0) is 18.9 Å². The Balaban J connectivity index is 2.52. The van der Waals surface area contributed by atoms with Crippen molar-refractivity contribution in [2.24, 2.45) is 5.73 Å². The number of nitrogens with one attached hydrogen (secondary N) is 2. The van der Waals surface area contributed by atoms with Crippen LogP contribution in [0.2, 0.25) is 0 Å². The van der Waals surface area contributed by atoms with Crippen molar-refractivity contribution in [3.63, 3.8) is 0 Å². The lowest BCUT2D eigenvalue weighted by atomic mass is 10.2. The Morgan fingerprint density at radius 1 is 1.76 bits per heavy atom. The van der Waals surface area contributed by atoms with Crippen LogP contribution in [0.4, 0.5) is 5.82 Å². The van der Waals surface area contributed by atoms with Crippen LogP contribution in [0.5, 0.6) is 0 Å². The SMILES string of the molecule is C#Cc1nn([C@H]2CCNC2)c(NC)c1C(N)=O. The molecule has 6 nitrogen and oxygen atoms in total. The third-order valence-corrected chi connectivity index (χ3v) is 2.91. The van der Waals surface area contributed by atoms with Gasteiger partial charge in [0.15, 0.2) is 0 Å². The van der Waals surface area contributed by atoms with Crippen LogP contribution in [0.3, 0.4) is 0 Å². The lowest BCUT2D eigenvalue weighted by Crippen LogP contribution is -2.18. The Kier molecular flexibility index (Phi) is 3.02. The second kappa shape index (κ2) is 4.47. The van der Waals surface area contributed by atoms with Crippen molar-refractivity contribution in [2.75, 3.05) is 25.5 Å². The monoisotopic (exact) mass is 233 g/mol. The Morgan fingerprint density at radius 3 is 3.00 bits per heavy atom. The Hall–Kier alpha value is -2.00. The van der Waals surface area contributed by atoms with E-state index in [-0.39, 0.29) is 6.04 Å². The quantitative estimate of drug-likeness (QED) is 0.617. The summed E-state index contributed by atoms with van der Waals surface area (Å²) in [7, 11) is 1.72. The van der Waals surface area contributed by atoms with Gasteiger partial charge in [-0.3, -0.25) is 4.79 Å². The van der Waals surface area contributed by atoms with Crippen LogP contribution in [0.1, 0.15) is 28.5 Å².